The molecule has 1 heterocycles. The summed E-state index contributed by atoms with van der Waals surface area (Å²) in [5.41, 5.74) is 1.56. The van der Waals surface area contributed by atoms with E-state index < -0.39 is 18.4 Å². The summed E-state index contributed by atoms with van der Waals surface area (Å²) < 4.78 is 30.0. The summed E-state index contributed by atoms with van der Waals surface area (Å²) in [6.07, 6.45) is -1.30. The van der Waals surface area contributed by atoms with Crippen molar-refractivity contribution in [3.05, 3.63) is 23.2 Å². The van der Waals surface area contributed by atoms with Crippen LogP contribution in [0.15, 0.2) is 10.7 Å². The number of rotatable bonds is 1. The highest BCUT2D eigenvalue weighted by Gasteiger charge is 2.34. The first-order valence-corrected chi connectivity index (χ1v) is 4.62. The van der Waals surface area contributed by atoms with Crippen molar-refractivity contribution in [3.63, 3.8) is 0 Å². The number of aliphatic hydroxyl groups excluding tert-OH is 1. The van der Waals surface area contributed by atoms with E-state index in [0.717, 1.165) is 5.56 Å². The molecule has 0 saturated heterocycles. The molecule has 1 N–H and O–H groups in total. The van der Waals surface area contributed by atoms with Crippen molar-refractivity contribution in [3.8, 4) is 0 Å². The molecule has 4 heteroatoms. The summed E-state index contributed by atoms with van der Waals surface area (Å²) in [6, 6.07) is 0. The molecule has 0 bridgehead atoms. The molecule has 1 aliphatic carbocycles. The average Bonchev–Trinajstić information content (AvgIpc) is 2.48. The Kier molecular flexibility index (Phi) is 2.31. The Morgan fingerprint density at radius 3 is 2.93 bits per heavy atom. The van der Waals surface area contributed by atoms with Gasteiger partial charge in [0.1, 0.15) is 5.76 Å². The minimum atomic E-state index is -2.39. The van der Waals surface area contributed by atoms with Crippen LogP contribution in [0.4, 0.5) is 8.78 Å². The van der Waals surface area contributed by atoms with Crippen LogP contribution in [-0.4, -0.2) is 11.5 Å². The molecule has 2 atom stereocenters. The fourth-order valence-corrected chi connectivity index (χ4v) is 2.03. The summed E-state index contributed by atoms with van der Waals surface area (Å²) in [6.45, 7) is 1.81. The third-order valence-electron chi connectivity index (χ3n) is 2.77. The molecule has 1 aromatic heterocycles. The van der Waals surface area contributed by atoms with Crippen LogP contribution in [0.1, 0.15) is 29.4 Å². The second kappa shape index (κ2) is 3.35. The van der Waals surface area contributed by atoms with Gasteiger partial charge in [-0.2, -0.15) is 0 Å². The molecule has 1 aliphatic rings. The first kappa shape index (κ1) is 9.65. The average molecular weight is 202 g/mol. The maximum Gasteiger partial charge on any atom is 0.241 e. The van der Waals surface area contributed by atoms with Gasteiger partial charge in [0, 0.05) is 17.9 Å². The van der Waals surface area contributed by atoms with Gasteiger partial charge in [-0.1, -0.05) is 0 Å². The summed E-state index contributed by atoms with van der Waals surface area (Å²) in [4.78, 5) is 0. The summed E-state index contributed by atoms with van der Waals surface area (Å²) in [5.74, 6) is -0.255. The number of fused-ring (bicyclic) bond motifs is 1. The topological polar surface area (TPSA) is 33.4 Å². The van der Waals surface area contributed by atoms with Gasteiger partial charge in [0.25, 0.3) is 0 Å². The number of halogens is 2. The van der Waals surface area contributed by atoms with Crippen LogP contribution >= 0.6 is 0 Å². The van der Waals surface area contributed by atoms with Crippen LogP contribution in [0.2, 0.25) is 0 Å². The van der Waals surface area contributed by atoms with E-state index in [4.69, 9.17) is 4.42 Å². The zero-order valence-electron chi connectivity index (χ0n) is 7.84. The maximum absolute atomic E-state index is 12.4. The van der Waals surface area contributed by atoms with Gasteiger partial charge >= 0.3 is 0 Å². The Hall–Kier alpha value is -0.900. The normalized spacial score (nSPS) is 26.6. The predicted molar refractivity (Wildman–Crippen MR) is 46.2 cm³/mol. The summed E-state index contributed by atoms with van der Waals surface area (Å²) in [5, 5.41) is 9.66. The highest BCUT2D eigenvalue weighted by atomic mass is 19.3. The highest BCUT2D eigenvalue weighted by molar-refractivity contribution is 5.31. The van der Waals surface area contributed by atoms with Gasteiger partial charge in [-0.3, -0.25) is 0 Å². The lowest BCUT2D eigenvalue weighted by Crippen LogP contribution is -2.23. The Morgan fingerprint density at radius 2 is 2.29 bits per heavy atom. The summed E-state index contributed by atoms with van der Waals surface area (Å²) >= 11 is 0. The van der Waals surface area contributed by atoms with E-state index in [0.29, 0.717) is 11.3 Å². The molecule has 0 unspecified atom stereocenters. The van der Waals surface area contributed by atoms with Crippen molar-refractivity contribution in [2.24, 2.45) is 5.92 Å². The number of hydrogen-bond acceptors (Lipinski definition) is 2. The smallest absolute Gasteiger partial charge is 0.241 e. The second-order valence-corrected chi connectivity index (χ2v) is 3.81. The third-order valence-corrected chi connectivity index (χ3v) is 2.77. The largest absolute Gasteiger partial charge is 0.469 e. The lowest BCUT2D eigenvalue weighted by molar-refractivity contribution is 0.0261. The van der Waals surface area contributed by atoms with Gasteiger partial charge in [-0.05, 0) is 18.9 Å². The molecule has 0 spiro atoms. The van der Waals surface area contributed by atoms with E-state index in [1.807, 2.05) is 6.92 Å². The van der Waals surface area contributed by atoms with Crippen molar-refractivity contribution in [1.29, 1.82) is 0 Å². The zero-order valence-corrected chi connectivity index (χ0v) is 7.84. The van der Waals surface area contributed by atoms with Crippen molar-refractivity contribution < 1.29 is 18.3 Å². The van der Waals surface area contributed by atoms with Gasteiger partial charge in [-0.15, -0.1) is 0 Å². The van der Waals surface area contributed by atoms with E-state index in [9.17, 15) is 13.9 Å². The standard InChI is InChI=1S/C10H12F2O2/c1-5-4-14-8-3-6(10(11)12)2-7(13)9(5)8/h4,6-7,10,13H,2-3H2,1H3/t6-,7+/m1/s1. The number of aliphatic hydroxyl groups is 1. The monoisotopic (exact) mass is 202 g/mol. The first-order valence-electron chi connectivity index (χ1n) is 4.62. The van der Waals surface area contributed by atoms with Crippen LogP contribution in [0.3, 0.4) is 0 Å². The fourth-order valence-electron chi connectivity index (χ4n) is 2.03. The van der Waals surface area contributed by atoms with Crippen molar-refractivity contribution in [1.82, 2.24) is 0 Å². The Labute approximate surface area is 80.5 Å². The van der Waals surface area contributed by atoms with Crippen molar-refractivity contribution >= 4 is 0 Å². The molecule has 2 nitrogen and oxygen atoms in total. The van der Waals surface area contributed by atoms with Gasteiger partial charge in [0.2, 0.25) is 6.43 Å². The number of hydrogen-bond donors (Lipinski definition) is 1. The van der Waals surface area contributed by atoms with Crippen LogP contribution in [0.25, 0.3) is 0 Å². The fraction of sp³-hybridized carbons (Fsp3) is 0.600. The maximum atomic E-state index is 12.4. The van der Waals surface area contributed by atoms with E-state index >= 15 is 0 Å². The summed E-state index contributed by atoms with van der Waals surface area (Å²) in [7, 11) is 0. The first-order chi connectivity index (χ1) is 6.59. The number of alkyl halides is 2. The van der Waals surface area contributed by atoms with Crippen LogP contribution in [-0.2, 0) is 6.42 Å². The minimum Gasteiger partial charge on any atom is -0.469 e. The Bertz CT molecular complexity index is 333. The lowest BCUT2D eigenvalue weighted by Gasteiger charge is -2.25. The number of furan rings is 1. The quantitative estimate of drug-likeness (QED) is 0.758. The minimum absolute atomic E-state index is 0.130. The molecule has 2 rings (SSSR count). The van der Waals surface area contributed by atoms with Gasteiger partial charge in [0.15, 0.2) is 0 Å². The van der Waals surface area contributed by atoms with Crippen LogP contribution < -0.4 is 0 Å². The Morgan fingerprint density at radius 1 is 1.57 bits per heavy atom. The molecule has 14 heavy (non-hydrogen) atoms. The van der Waals surface area contributed by atoms with Gasteiger partial charge in [-0.25, -0.2) is 8.78 Å². The van der Waals surface area contributed by atoms with Crippen LogP contribution in [0.5, 0.6) is 0 Å². The van der Waals surface area contributed by atoms with Gasteiger partial charge in [0.05, 0.1) is 12.4 Å². The Balaban J connectivity index is 2.30. The van der Waals surface area contributed by atoms with Crippen molar-refractivity contribution in [2.75, 3.05) is 0 Å². The molecule has 0 amide bonds. The number of aryl methyl sites for hydroxylation is 1. The van der Waals surface area contributed by atoms with E-state index in [1.54, 1.807) is 0 Å². The SMILES string of the molecule is Cc1coc2c1[C@@H](O)C[C@@H](C(F)F)C2. The molecule has 0 saturated carbocycles. The molecule has 0 radical (unpaired) electrons. The van der Waals surface area contributed by atoms with E-state index in [2.05, 4.69) is 0 Å². The van der Waals surface area contributed by atoms with Gasteiger partial charge < -0.3 is 9.52 Å². The molecule has 78 valence electrons. The van der Waals surface area contributed by atoms with Crippen LogP contribution in [0, 0.1) is 12.8 Å². The molecule has 1 aromatic rings. The lowest BCUT2D eigenvalue weighted by atomic mass is 9.85. The zero-order chi connectivity index (χ0) is 10.3. The second-order valence-electron chi connectivity index (χ2n) is 3.81. The highest BCUT2D eigenvalue weighted by Crippen LogP contribution is 2.38. The van der Waals surface area contributed by atoms with Crippen molar-refractivity contribution in [2.45, 2.75) is 32.3 Å². The molecular weight excluding hydrogens is 190 g/mol. The molecule has 0 aromatic carbocycles. The van der Waals surface area contributed by atoms with E-state index in [-0.39, 0.29) is 12.8 Å². The molecule has 0 aliphatic heterocycles. The molecule has 0 fully saturated rings. The third kappa shape index (κ3) is 1.43. The predicted octanol–water partition coefficient (Wildman–Crippen LogP) is 2.45. The molecular formula is C10H12F2O2. The van der Waals surface area contributed by atoms with E-state index in [1.165, 1.54) is 6.26 Å².